The third-order valence-electron chi connectivity index (χ3n) is 2.48. The largest absolute Gasteiger partial charge is 0.354 e. The van der Waals surface area contributed by atoms with Crippen molar-refractivity contribution in [2.45, 2.75) is 45.6 Å². The summed E-state index contributed by atoms with van der Waals surface area (Å²) in [6.07, 6.45) is 5.60. The van der Waals surface area contributed by atoms with Crippen molar-refractivity contribution in [3.63, 3.8) is 0 Å². The molecule has 0 fully saturated rings. The van der Waals surface area contributed by atoms with E-state index >= 15 is 0 Å². The van der Waals surface area contributed by atoms with Gasteiger partial charge >= 0.3 is 5.69 Å². The van der Waals surface area contributed by atoms with Gasteiger partial charge in [0.05, 0.1) is 0 Å². The number of hydrogen-bond donors (Lipinski definition) is 2. The van der Waals surface area contributed by atoms with E-state index in [0.717, 1.165) is 19.3 Å². The molecule has 0 amide bonds. The molecule has 18 heavy (non-hydrogen) atoms. The van der Waals surface area contributed by atoms with Gasteiger partial charge in [0.15, 0.2) is 0 Å². The topological polar surface area (TPSA) is 83.7 Å². The van der Waals surface area contributed by atoms with Gasteiger partial charge in [0.25, 0.3) is 0 Å². The average molecular weight is 251 g/mol. The fourth-order valence-electron chi connectivity index (χ4n) is 1.45. The maximum atomic E-state index is 11.8. The number of rotatable bonds is 6. The molecule has 1 heterocycles. The lowest BCUT2D eigenvalue weighted by molar-refractivity contribution is 0.372. The summed E-state index contributed by atoms with van der Waals surface area (Å²) in [7, 11) is 0. The van der Waals surface area contributed by atoms with Crippen LogP contribution in [0.15, 0.2) is 11.1 Å². The first kappa shape index (κ1) is 14.3. The molecular formula is C12H21N5O. The first-order valence-corrected chi connectivity index (χ1v) is 6.14. The molecule has 0 aromatic carbocycles. The summed E-state index contributed by atoms with van der Waals surface area (Å²) in [4.78, 5) is 19.8. The van der Waals surface area contributed by atoms with E-state index in [9.17, 15) is 4.79 Å². The van der Waals surface area contributed by atoms with Gasteiger partial charge in [-0.3, -0.25) is 4.57 Å². The lowest BCUT2D eigenvalue weighted by atomic mass is 10.1. The minimum Gasteiger partial charge on any atom is -0.354 e. The van der Waals surface area contributed by atoms with Crippen molar-refractivity contribution < 1.29 is 0 Å². The van der Waals surface area contributed by atoms with Crippen LogP contribution >= 0.6 is 0 Å². The number of hydrogen-bond acceptors (Lipinski definition) is 5. The van der Waals surface area contributed by atoms with Crippen LogP contribution in [-0.2, 0) is 5.54 Å². The van der Waals surface area contributed by atoms with Gasteiger partial charge in [-0.25, -0.2) is 9.78 Å². The molecule has 0 unspecified atom stereocenters. The molecule has 1 aromatic rings. The second-order valence-corrected chi connectivity index (χ2v) is 5.13. The van der Waals surface area contributed by atoms with Crippen molar-refractivity contribution in [2.24, 2.45) is 0 Å². The van der Waals surface area contributed by atoms with Gasteiger partial charge in [0, 0.05) is 12.1 Å². The predicted molar refractivity (Wildman–Crippen MR) is 72.4 cm³/mol. The van der Waals surface area contributed by atoms with E-state index in [1.54, 1.807) is 0 Å². The Bertz CT molecular complexity index is 447. The number of anilines is 1. The summed E-state index contributed by atoms with van der Waals surface area (Å²) in [6.45, 7) is 6.51. The molecular weight excluding hydrogens is 230 g/mol. The Morgan fingerprint density at radius 2 is 2.17 bits per heavy atom. The quantitative estimate of drug-likeness (QED) is 0.594. The van der Waals surface area contributed by atoms with Crippen LogP contribution in [0.2, 0.25) is 0 Å². The minimum atomic E-state index is -0.306. The molecule has 2 N–H and O–H groups in total. The van der Waals surface area contributed by atoms with Crippen molar-refractivity contribution in [3.05, 3.63) is 16.8 Å². The lowest BCUT2D eigenvalue weighted by Crippen LogP contribution is -2.35. The highest BCUT2D eigenvalue weighted by molar-refractivity contribution is 5.52. The Kier molecular flexibility index (Phi) is 5.00. The standard InChI is InChI=1S/C12H21N5O/c1-12(2,3)17-9-15-10(16-11(17)18)14-8-6-4-5-7-13/h7,9,13H,4-6,8H2,1-3H3,(H,14,16,18). The van der Waals surface area contributed by atoms with Crippen molar-refractivity contribution in [3.8, 4) is 0 Å². The van der Waals surface area contributed by atoms with Crippen LogP contribution in [0.25, 0.3) is 0 Å². The molecule has 0 aliphatic heterocycles. The highest BCUT2D eigenvalue weighted by atomic mass is 16.1. The maximum Gasteiger partial charge on any atom is 0.352 e. The molecule has 1 rings (SSSR count). The number of unbranched alkanes of at least 4 members (excludes halogenated alkanes) is 2. The second kappa shape index (κ2) is 6.28. The average Bonchev–Trinajstić information content (AvgIpc) is 2.27. The SMILES string of the molecule is CC(C)(C)n1cnc(NCCCCC=N)nc1=O. The lowest BCUT2D eigenvalue weighted by Gasteiger charge is -2.20. The molecule has 0 saturated heterocycles. The highest BCUT2D eigenvalue weighted by Crippen LogP contribution is 2.09. The molecule has 0 saturated carbocycles. The third kappa shape index (κ3) is 4.27. The summed E-state index contributed by atoms with van der Waals surface area (Å²) >= 11 is 0. The van der Waals surface area contributed by atoms with Gasteiger partial charge in [-0.1, -0.05) is 0 Å². The van der Waals surface area contributed by atoms with Crippen molar-refractivity contribution in [1.29, 1.82) is 5.41 Å². The highest BCUT2D eigenvalue weighted by Gasteiger charge is 2.15. The van der Waals surface area contributed by atoms with E-state index in [4.69, 9.17) is 5.41 Å². The van der Waals surface area contributed by atoms with Crippen molar-refractivity contribution in [1.82, 2.24) is 14.5 Å². The first-order chi connectivity index (χ1) is 8.45. The van der Waals surface area contributed by atoms with Crippen LogP contribution < -0.4 is 11.0 Å². The van der Waals surface area contributed by atoms with Gasteiger partial charge in [0.1, 0.15) is 6.33 Å². The van der Waals surface area contributed by atoms with Gasteiger partial charge in [-0.15, -0.1) is 0 Å². The van der Waals surface area contributed by atoms with E-state index in [-0.39, 0.29) is 11.2 Å². The molecule has 0 aliphatic rings. The molecule has 6 heteroatoms. The van der Waals surface area contributed by atoms with Crippen LogP contribution in [0.1, 0.15) is 40.0 Å². The zero-order chi connectivity index (χ0) is 13.6. The van der Waals surface area contributed by atoms with Crippen LogP contribution in [-0.4, -0.2) is 27.3 Å². The maximum absolute atomic E-state index is 11.8. The molecule has 1 aromatic heterocycles. The number of nitrogens with one attached hydrogen (secondary N) is 2. The predicted octanol–water partition coefficient (Wildman–Crippen LogP) is 1.63. The van der Waals surface area contributed by atoms with E-state index in [1.807, 2.05) is 20.8 Å². The molecule has 0 spiro atoms. The summed E-state index contributed by atoms with van der Waals surface area (Å²) in [5.74, 6) is 0.371. The number of nitrogens with zero attached hydrogens (tertiary/aromatic N) is 3. The second-order valence-electron chi connectivity index (χ2n) is 5.13. The zero-order valence-electron chi connectivity index (χ0n) is 11.2. The molecule has 6 nitrogen and oxygen atoms in total. The third-order valence-corrected chi connectivity index (χ3v) is 2.48. The van der Waals surface area contributed by atoms with E-state index < -0.39 is 0 Å². The Labute approximate surface area is 107 Å². The zero-order valence-corrected chi connectivity index (χ0v) is 11.2. The smallest absolute Gasteiger partial charge is 0.352 e. The Morgan fingerprint density at radius 1 is 1.44 bits per heavy atom. The Morgan fingerprint density at radius 3 is 2.72 bits per heavy atom. The van der Waals surface area contributed by atoms with E-state index in [1.165, 1.54) is 17.1 Å². The van der Waals surface area contributed by atoms with Gasteiger partial charge in [-0.05, 0) is 46.2 Å². The van der Waals surface area contributed by atoms with E-state index in [2.05, 4.69) is 15.3 Å². The van der Waals surface area contributed by atoms with Crippen LogP contribution in [0.5, 0.6) is 0 Å². The number of aromatic nitrogens is 3. The fourth-order valence-corrected chi connectivity index (χ4v) is 1.45. The van der Waals surface area contributed by atoms with Gasteiger partial charge in [-0.2, -0.15) is 4.98 Å². The minimum absolute atomic E-state index is 0.292. The summed E-state index contributed by atoms with van der Waals surface area (Å²) in [5.41, 5.74) is -0.598. The molecule has 0 bridgehead atoms. The molecule has 0 radical (unpaired) electrons. The van der Waals surface area contributed by atoms with Gasteiger partial charge in [0.2, 0.25) is 5.95 Å². The van der Waals surface area contributed by atoms with Crippen molar-refractivity contribution in [2.75, 3.05) is 11.9 Å². The Balaban J connectivity index is 2.57. The van der Waals surface area contributed by atoms with Crippen LogP contribution in [0.4, 0.5) is 5.95 Å². The van der Waals surface area contributed by atoms with Crippen LogP contribution in [0.3, 0.4) is 0 Å². The molecule has 0 atom stereocenters. The van der Waals surface area contributed by atoms with Gasteiger partial charge < -0.3 is 10.7 Å². The molecule has 100 valence electrons. The summed E-state index contributed by atoms with van der Waals surface area (Å²) in [5, 5.41) is 9.91. The molecule has 0 aliphatic carbocycles. The van der Waals surface area contributed by atoms with Crippen molar-refractivity contribution >= 4 is 12.2 Å². The summed E-state index contributed by atoms with van der Waals surface area (Å²) in [6, 6.07) is 0. The fraction of sp³-hybridized carbons (Fsp3) is 0.667. The van der Waals surface area contributed by atoms with Crippen LogP contribution in [0, 0.1) is 5.41 Å². The monoisotopic (exact) mass is 251 g/mol. The normalized spacial score (nSPS) is 11.3. The summed E-state index contributed by atoms with van der Waals surface area (Å²) < 4.78 is 1.51. The first-order valence-electron chi connectivity index (χ1n) is 6.14. The van der Waals surface area contributed by atoms with E-state index in [0.29, 0.717) is 12.5 Å². The Hall–Kier alpha value is -1.72.